The van der Waals surface area contributed by atoms with Gasteiger partial charge >= 0.3 is 0 Å². The molecule has 1 aliphatic heterocycles. The van der Waals surface area contributed by atoms with Crippen LogP contribution in [0.25, 0.3) is 0 Å². The second-order valence-corrected chi connectivity index (χ2v) is 9.87. The van der Waals surface area contributed by atoms with Crippen molar-refractivity contribution in [2.24, 2.45) is 11.1 Å². The van der Waals surface area contributed by atoms with Crippen molar-refractivity contribution in [1.82, 2.24) is 4.31 Å². The number of benzene rings is 1. The van der Waals surface area contributed by atoms with E-state index in [0.29, 0.717) is 24.4 Å². The monoisotopic (exact) mass is 360 g/mol. The topological polar surface area (TPSA) is 63.4 Å². The van der Waals surface area contributed by atoms with E-state index in [4.69, 9.17) is 5.73 Å². The van der Waals surface area contributed by atoms with Crippen molar-refractivity contribution in [3.63, 3.8) is 0 Å². The largest absolute Gasteiger partial charge is 0.327 e. The van der Waals surface area contributed by atoms with Crippen molar-refractivity contribution in [3.05, 3.63) is 29.8 Å². The van der Waals surface area contributed by atoms with E-state index in [1.54, 1.807) is 16.4 Å². The number of halogens is 1. The maximum absolute atomic E-state index is 13.1. The first-order valence-electron chi connectivity index (χ1n) is 7.81. The van der Waals surface area contributed by atoms with Crippen molar-refractivity contribution in [2.45, 2.75) is 57.4 Å². The molecule has 2 N–H and O–H groups in total. The maximum Gasteiger partial charge on any atom is 0.243 e. The van der Waals surface area contributed by atoms with Crippen molar-refractivity contribution >= 4 is 22.4 Å². The Kier molecular flexibility index (Phi) is 5.96. The lowest BCUT2D eigenvalue weighted by atomic mass is 9.81. The Morgan fingerprint density at radius 3 is 2.30 bits per heavy atom. The van der Waals surface area contributed by atoms with E-state index in [2.05, 4.69) is 0 Å². The smallest absolute Gasteiger partial charge is 0.243 e. The molecule has 0 bridgehead atoms. The molecule has 0 saturated carbocycles. The van der Waals surface area contributed by atoms with Crippen molar-refractivity contribution in [1.29, 1.82) is 0 Å². The van der Waals surface area contributed by atoms with Crippen LogP contribution < -0.4 is 5.73 Å². The number of hydrogen-bond donors (Lipinski definition) is 1. The average molecular weight is 361 g/mol. The van der Waals surface area contributed by atoms with Gasteiger partial charge in [0.25, 0.3) is 0 Å². The summed E-state index contributed by atoms with van der Waals surface area (Å²) in [5, 5.41) is 0. The van der Waals surface area contributed by atoms with Crippen molar-refractivity contribution < 1.29 is 8.42 Å². The highest BCUT2D eigenvalue weighted by molar-refractivity contribution is 7.89. The van der Waals surface area contributed by atoms with Crippen LogP contribution in [0.2, 0.25) is 0 Å². The Balaban J connectivity index is 0.00000264. The van der Waals surface area contributed by atoms with Gasteiger partial charge in [-0.05, 0) is 28.9 Å². The van der Waals surface area contributed by atoms with Crippen LogP contribution in [-0.4, -0.2) is 31.9 Å². The first-order chi connectivity index (χ1) is 9.96. The first-order valence-corrected chi connectivity index (χ1v) is 9.25. The molecule has 0 aliphatic carbocycles. The molecule has 132 valence electrons. The van der Waals surface area contributed by atoms with Gasteiger partial charge in [0, 0.05) is 19.1 Å². The molecule has 1 aliphatic rings. The zero-order valence-corrected chi connectivity index (χ0v) is 16.3. The molecule has 1 saturated heterocycles. The van der Waals surface area contributed by atoms with Gasteiger partial charge in [-0.3, -0.25) is 0 Å². The van der Waals surface area contributed by atoms with Crippen LogP contribution in [-0.2, 0) is 15.4 Å². The highest BCUT2D eigenvalue weighted by Crippen LogP contribution is 2.35. The number of piperidine rings is 1. The summed E-state index contributed by atoms with van der Waals surface area (Å²) < 4.78 is 27.9. The minimum absolute atomic E-state index is 0. The third kappa shape index (κ3) is 4.08. The van der Waals surface area contributed by atoms with E-state index >= 15 is 0 Å². The molecule has 0 aromatic heterocycles. The van der Waals surface area contributed by atoms with Crippen LogP contribution in [0.5, 0.6) is 0 Å². The fourth-order valence-electron chi connectivity index (χ4n) is 2.98. The Labute approximate surface area is 146 Å². The van der Waals surface area contributed by atoms with Crippen molar-refractivity contribution in [3.8, 4) is 0 Å². The molecule has 1 aromatic carbocycles. The number of nitrogens with two attached hydrogens (primary N) is 1. The molecular formula is C17H29ClN2O2S. The minimum atomic E-state index is -3.49. The summed E-state index contributed by atoms with van der Waals surface area (Å²) in [4.78, 5) is 0.425. The Hall–Kier alpha value is -0.620. The van der Waals surface area contributed by atoms with Crippen LogP contribution in [0.3, 0.4) is 0 Å². The molecule has 0 spiro atoms. The third-order valence-corrected chi connectivity index (χ3v) is 6.49. The lowest BCUT2D eigenvalue weighted by molar-refractivity contribution is 0.155. The second-order valence-electron chi connectivity index (χ2n) is 7.97. The fraction of sp³-hybridized carbons (Fsp3) is 0.647. The molecule has 1 aromatic rings. The average Bonchev–Trinajstić information content (AvgIpc) is 2.40. The molecule has 1 fully saturated rings. The molecule has 23 heavy (non-hydrogen) atoms. The number of rotatable bonds is 2. The van der Waals surface area contributed by atoms with Gasteiger partial charge in [0.2, 0.25) is 10.0 Å². The SMILES string of the molecule is CC(C)(C)c1ccccc1S(=O)(=O)N1CCC(N)C(C)(C)C1.Cl. The summed E-state index contributed by atoms with van der Waals surface area (Å²) in [5.41, 5.74) is 6.57. The highest BCUT2D eigenvalue weighted by atomic mass is 35.5. The summed E-state index contributed by atoms with van der Waals surface area (Å²) >= 11 is 0. The van der Waals surface area contributed by atoms with Gasteiger partial charge in [0.15, 0.2) is 0 Å². The normalized spacial score (nSPS) is 22.4. The van der Waals surface area contributed by atoms with Crippen LogP contribution in [0.4, 0.5) is 0 Å². The minimum Gasteiger partial charge on any atom is -0.327 e. The standard InChI is InChI=1S/C17H28N2O2S.ClH/c1-16(2,3)13-8-6-7-9-14(13)22(20,21)19-11-10-15(18)17(4,5)12-19;/h6-9,15H,10-12,18H2,1-5H3;1H. The van der Waals surface area contributed by atoms with E-state index in [1.807, 2.05) is 46.8 Å². The van der Waals surface area contributed by atoms with Gasteiger partial charge in [0.1, 0.15) is 0 Å². The molecular weight excluding hydrogens is 332 g/mol. The first kappa shape index (κ1) is 20.4. The maximum atomic E-state index is 13.1. The predicted molar refractivity (Wildman–Crippen MR) is 97.5 cm³/mol. The molecule has 0 amide bonds. The van der Waals surface area contributed by atoms with Crippen LogP contribution in [0.15, 0.2) is 29.2 Å². The third-order valence-electron chi connectivity index (χ3n) is 4.59. The predicted octanol–water partition coefficient (Wildman–Crippen LogP) is 3.15. The number of hydrogen-bond acceptors (Lipinski definition) is 3. The van der Waals surface area contributed by atoms with Gasteiger partial charge in [-0.1, -0.05) is 52.8 Å². The second kappa shape index (κ2) is 6.71. The van der Waals surface area contributed by atoms with Gasteiger partial charge in [-0.25, -0.2) is 8.42 Å². The molecule has 1 atom stereocenters. The summed E-state index contributed by atoms with van der Waals surface area (Å²) in [6.07, 6.45) is 0.698. The summed E-state index contributed by atoms with van der Waals surface area (Å²) in [5.74, 6) is 0. The number of nitrogens with zero attached hydrogens (tertiary/aromatic N) is 1. The highest BCUT2D eigenvalue weighted by Gasteiger charge is 2.40. The Morgan fingerprint density at radius 1 is 1.22 bits per heavy atom. The van der Waals surface area contributed by atoms with Gasteiger partial charge in [-0.2, -0.15) is 4.31 Å². The van der Waals surface area contributed by atoms with Gasteiger partial charge in [-0.15, -0.1) is 12.4 Å². The van der Waals surface area contributed by atoms with Crippen LogP contribution in [0, 0.1) is 5.41 Å². The molecule has 6 heteroatoms. The Bertz CT molecular complexity index is 651. The zero-order valence-electron chi connectivity index (χ0n) is 14.7. The molecule has 2 rings (SSSR count). The van der Waals surface area contributed by atoms with E-state index in [0.717, 1.165) is 5.56 Å². The lowest BCUT2D eigenvalue weighted by Crippen LogP contribution is -2.54. The summed E-state index contributed by atoms with van der Waals surface area (Å²) in [6, 6.07) is 7.36. The molecule has 1 unspecified atom stereocenters. The van der Waals surface area contributed by atoms with Crippen LogP contribution >= 0.6 is 12.4 Å². The van der Waals surface area contributed by atoms with Gasteiger partial charge in [0.05, 0.1) is 4.90 Å². The van der Waals surface area contributed by atoms with E-state index < -0.39 is 10.0 Å². The van der Waals surface area contributed by atoms with E-state index in [-0.39, 0.29) is 29.3 Å². The summed E-state index contributed by atoms with van der Waals surface area (Å²) in [6.45, 7) is 11.1. The fourth-order valence-corrected chi connectivity index (χ4v) is 5.01. The van der Waals surface area contributed by atoms with Gasteiger partial charge < -0.3 is 5.73 Å². The molecule has 4 nitrogen and oxygen atoms in total. The molecule has 1 heterocycles. The lowest BCUT2D eigenvalue weighted by Gasteiger charge is -2.42. The van der Waals surface area contributed by atoms with E-state index in [9.17, 15) is 8.42 Å². The summed E-state index contributed by atoms with van der Waals surface area (Å²) in [7, 11) is -3.49. The van der Waals surface area contributed by atoms with Crippen molar-refractivity contribution in [2.75, 3.05) is 13.1 Å². The number of sulfonamides is 1. The quantitative estimate of drug-likeness (QED) is 0.881. The van der Waals surface area contributed by atoms with Crippen LogP contribution in [0.1, 0.15) is 46.6 Å². The molecule has 0 radical (unpaired) electrons. The Morgan fingerprint density at radius 2 is 1.78 bits per heavy atom. The zero-order chi connectivity index (χ0) is 16.8. The van der Waals surface area contributed by atoms with E-state index in [1.165, 1.54) is 0 Å².